The van der Waals surface area contributed by atoms with Crippen molar-refractivity contribution in [2.24, 2.45) is 0 Å². The molecule has 0 aliphatic heterocycles. The molecule has 1 unspecified atom stereocenters. The first-order valence-corrected chi connectivity index (χ1v) is 11.5. The number of amides is 1. The fourth-order valence-electron chi connectivity index (χ4n) is 4.29. The molecule has 0 spiro atoms. The van der Waals surface area contributed by atoms with Crippen LogP contribution in [0, 0.1) is 18.3 Å². The number of hydrogen-bond acceptors (Lipinski definition) is 5. The summed E-state index contributed by atoms with van der Waals surface area (Å²) in [6.07, 6.45) is 1.68. The van der Waals surface area contributed by atoms with Crippen LogP contribution < -0.4 is 5.32 Å². The molecule has 5 nitrogen and oxygen atoms in total. The lowest BCUT2D eigenvalue weighted by atomic mass is 9.70. The van der Waals surface area contributed by atoms with Gasteiger partial charge in [0.15, 0.2) is 0 Å². The summed E-state index contributed by atoms with van der Waals surface area (Å²) < 4.78 is 5.32. The summed E-state index contributed by atoms with van der Waals surface area (Å²) in [6.45, 7) is 3.89. The molecule has 0 fully saturated rings. The summed E-state index contributed by atoms with van der Waals surface area (Å²) in [7, 11) is 0. The van der Waals surface area contributed by atoms with E-state index in [0.29, 0.717) is 35.4 Å². The van der Waals surface area contributed by atoms with Crippen LogP contribution in [0.15, 0.2) is 54.6 Å². The molecular weight excluding hydrogens is 420 g/mol. The highest BCUT2D eigenvalue weighted by molar-refractivity contribution is 7.17. The van der Waals surface area contributed by atoms with E-state index < -0.39 is 11.4 Å². The average molecular weight is 445 g/mol. The van der Waals surface area contributed by atoms with E-state index in [1.807, 2.05) is 55.5 Å². The lowest BCUT2D eigenvalue weighted by molar-refractivity contribution is 0.0526. The Hall–Kier alpha value is -3.43. The van der Waals surface area contributed by atoms with Crippen molar-refractivity contribution in [2.45, 2.75) is 38.5 Å². The SMILES string of the molecule is CCOC(=O)c1c(NC(=O)c2ccccc2C)sc2c1CCC(C#N)(c1ccccc1)C2. The lowest BCUT2D eigenvalue weighted by Crippen LogP contribution is -2.31. The quantitative estimate of drug-likeness (QED) is 0.532. The Balaban J connectivity index is 1.74. The molecule has 0 saturated carbocycles. The van der Waals surface area contributed by atoms with Gasteiger partial charge in [-0.15, -0.1) is 11.3 Å². The summed E-state index contributed by atoms with van der Waals surface area (Å²) in [5, 5.41) is 13.5. The van der Waals surface area contributed by atoms with E-state index in [1.54, 1.807) is 13.0 Å². The Morgan fingerprint density at radius 3 is 2.56 bits per heavy atom. The average Bonchev–Trinajstić information content (AvgIpc) is 3.16. The number of nitriles is 1. The molecule has 1 aliphatic rings. The molecular formula is C26H24N2O3S. The molecule has 3 aromatic rings. The highest BCUT2D eigenvalue weighted by atomic mass is 32.1. The molecule has 0 radical (unpaired) electrons. The molecule has 6 heteroatoms. The highest BCUT2D eigenvalue weighted by Crippen LogP contribution is 2.45. The van der Waals surface area contributed by atoms with Crippen LogP contribution >= 0.6 is 11.3 Å². The van der Waals surface area contributed by atoms with Crippen molar-refractivity contribution in [2.75, 3.05) is 11.9 Å². The second-order valence-corrected chi connectivity index (χ2v) is 9.04. The monoisotopic (exact) mass is 444 g/mol. The highest BCUT2D eigenvalue weighted by Gasteiger charge is 2.40. The molecule has 1 N–H and O–H groups in total. The minimum Gasteiger partial charge on any atom is -0.462 e. The maximum Gasteiger partial charge on any atom is 0.341 e. The number of rotatable bonds is 5. The molecule has 2 aromatic carbocycles. The number of aryl methyl sites for hydroxylation is 1. The summed E-state index contributed by atoms with van der Waals surface area (Å²) in [6, 6.07) is 19.6. The van der Waals surface area contributed by atoms with E-state index in [4.69, 9.17) is 4.74 Å². The molecule has 1 amide bonds. The van der Waals surface area contributed by atoms with Crippen molar-refractivity contribution in [3.05, 3.63) is 87.3 Å². The molecule has 1 aliphatic carbocycles. The lowest BCUT2D eigenvalue weighted by Gasteiger charge is -2.31. The number of anilines is 1. The second-order valence-electron chi connectivity index (χ2n) is 7.93. The van der Waals surface area contributed by atoms with Crippen LogP contribution in [0.3, 0.4) is 0 Å². The Morgan fingerprint density at radius 1 is 1.16 bits per heavy atom. The van der Waals surface area contributed by atoms with Crippen molar-refractivity contribution in [3.8, 4) is 6.07 Å². The molecule has 1 atom stereocenters. The number of hydrogen-bond donors (Lipinski definition) is 1. The number of nitrogens with zero attached hydrogens (tertiary/aromatic N) is 1. The van der Waals surface area contributed by atoms with Crippen LogP contribution in [0.25, 0.3) is 0 Å². The molecule has 1 heterocycles. The molecule has 4 rings (SSSR count). The van der Waals surface area contributed by atoms with Gasteiger partial charge in [0.1, 0.15) is 5.00 Å². The first kappa shape index (κ1) is 21.8. The first-order chi connectivity index (χ1) is 15.5. The Labute approximate surface area is 191 Å². The van der Waals surface area contributed by atoms with E-state index in [2.05, 4.69) is 11.4 Å². The van der Waals surface area contributed by atoms with E-state index >= 15 is 0 Å². The fourth-order valence-corrected chi connectivity index (χ4v) is 5.63. The minimum absolute atomic E-state index is 0.251. The standard InChI is InChI=1S/C26H24N2O3S/c1-3-31-25(30)22-20-13-14-26(16-27,18-10-5-4-6-11-18)15-21(20)32-24(22)28-23(29)19-12-8-7-9-17(19)2/h4-12H,3,13-15H2,1-2H3,(H,28,29). The van der Waals surface area contributed by atoms with Gasteiger partial charge in [-0.05, 0) is 49.4 Å². The minimum atomic E-state index is -0.650. The van der Waals surface area contributed by atoms with Gasteiger partial charge in [-0.1, -0.05) is 48.5 Å². The third-order valence-corrected chi connectivity index (χ3v) is 7.14. The smallest absolute Gasteiger partial charge is 0.341 e. The zero-order valence-corrected chi connectivity index (χ0v) is 18.9. The van der Waals surface area contributed by atoms with Gasteiger partial charge in [0.2, 0.25) is 0 Å². The number of carbonyl (C=O) groups excluding carboxylic acids is 2. The van der Waals surface area contributed by atoms with Crippen LogP contribution in [0.1, 0.15) is 55.6 Å². The normalized spacial score (nSPS) is 17.2. The van der Waals surface area contributed by atoms with Gasteiger partial charge in [0.05, 0.1) is 23.7 Å². The van der Waals surface area contributed by atoms with E-state index in [9.17, 15) is 14.9 Å². The topological polar surface area (TPSA) is 79.2 Å². The number of benzene rings is 2. The number of fused-ring (bicyclic) bond motifs is 1. The summed E-state index contributed by atoms with van der Waals surface area (Å²) >= 11 is 1.37. The van der Waals surface area contributed by atoms with Gasteiger partial charge >= 0.3 is 5.97 Å². The number of ether oxygens (including phenoxy) is 1. The third-order valence-electron chi connectivity index (χ3n) is 5.99. The van der Waals surface area contributed by atoms with Gasteiger partial charge in [0, 0.05) is 16.9 Å². The molecule has 0 bridgehead atoms. The van der Waals surface area contributed by atoms with Crippen LogP contribution in [0.2, 0.25) is 0 Å². The van der Waals surface area contributed by atoms with Gasteiger partial charge in [0.25, 0.3) is 5.91 Å². The van der Waals surface area contributed by atoms with Crippen molar-refractivity contribution >= 4 is 28.2 Å². The summed E-state index contributed by atoms with van der Waals surface area (Å²) in [5.41, 5.74) is 3.05. The maximum absolute atomic E-state index is 13.0. The van der Waals surface area contributed by atoms with Gasteiger partial charge < -0.3 is 10.1 Å². The van der Waals surface area contributed by atoms with Gasteiger partial charge in [-0.25, -0.2) is 4.79 Å². The molecule has 32 heavy (non-hydrogen) atoms. The summed E-state index contributed by atoms with van der Waals surface area (Å²) in [4.78, 5) is 26.8. The van der Waals surface area contributed by atoms with Crippen LogP contribution in [0.4, 0.5) is 5.00 Å². The van der Waals surface area contributed by atoms with Crippen LogP contribution in [-0.4, -0.2) is 18.5 Å². The van der Waals surface area contributed by atoms with Crippen molar-refractivity contribution in [1.29, 1.82) is 5.26 Å². The Kier molecular flexibility index (Phi) is 6.11. The van der Waals surface area contributed by atoms with Crippen molar-refractivity contribution < 1.29 is 14.3 Å². The molecule has 0 saturated heterocycles. The number of esters is 1. The predicted octanol–water partition coefficient (Wildman–Crippen LogP) is 5.44. The molecule has 1 aromatic heterocycles. The third kappa shape index (κ3) is 3.92. The van der Waals surface area contributed by atoms with Crippen molar-refractivity contribution in [3.63, 3.8) is 0 Å². The fraction of sp³-hybridized carbons (Fsp3) is 0.269. The van der Waals surface area contributed by atoms with Crippen LogP contribution in [0.5, 0.6) is 0 Å². The second kappa shape index (κ2) is 8.97. The van der Waals surface area contributed by atoms with Gasteiger partial charge in [-0.2, -0.15) is 5.26 Å². The zero-order chi connectivity index (χ0) is 22.7. The van der Waals surface area contributed by atoms with Gasteiger partial charge in [-0.3, -0.25) is 4.79 Å². The van der Waals surface area contributed by atoms with Crippen molar-refractivity contribution in [1.82, 2.24) is 0 Å². The predicted molar refractivity (Wildman–Crippen MR) is 125 cm³/mol. The largest absolute Gasteiger partial charge is 0.462 e. The summed E-state index contributed by atoms with van der Waals surface area (Å²) in [5.74, 6) is -0.698. The zero-order valence-electron chi connectivity index (χ0n) is 18.1. The molecule has 162 valence electrons. The first-order valence-electron chi connectivity index (χ1n) is 10.6. The van der Waals surface area contributed by atoms with Crippen LogP contribution in [-0.2, 0) is 23.0 Å². The van der Waals surface area contributed by atoms with E-state index in [-0.39, 0.29) is 12.5 Å². The maximum atomic E-state index is 13.0. The van der Waals surface area contributed by atoms with E-state index in [0.717, 1.165) is 21.6 Å². The Bertz CT molecular complexity index is 1210. The number of thiophene rings is 1. The Morgan fingerprint density at radius 2 is 1.88 bits per heavy atom. The van der Waals surface area contributed by atoms with E-state index in [1.165, 1.54) is 11.3 Å². The number of carbonyl (C=O) groups is 2. The number of nitrogens with one attached hydrogen (secondary N) is 1.